The molecule has 0 radical (unpaired) electrons. The van der Waals surface area contributed by atoms with Gasteiger partial charge in [0.15, 0.2) is 0 Å². The van der Waals surface area contributed by atoms with Gasteiger partial charge in [0, 0.05) is 18.6 Å². The normalized spacial score (nSPS) is 29.1. The van der Waals surface area contributed by atoms with Crippen LogP contribution < -0.4 is 5.32 Å². The van der Waals surface area contributed by atoms with Gasteiger partial charge < -0.3 is 15.0 Å². The van der Waals surface area contributed by atoms with E-state index in [0.717, 1.165) is 38.3 Å². The van der Waals surface area contributed by atoms with Crippen molar-refractivity contribution in [3.05, 3.63) is 0 Å². The third-order valence-corrected chi connectivity index (χ3v) is 5.03. The van der Waals surface area contributed by atoms with Gasteiger partial charge in [-0.05, 0) is 71.8 Å². The Morgan fingerprint density at radius 1 is 1.27 bits per heavy atom. The van der Waals surface area contributed by atoms with Crippen molar-refractivity contribution in [2.24, 2.45) is 5.92 Å². The molecule has 22 heavy (non-hydrogen) atoms. The minimum Gasteiger partial charge on any atom is -0.444 e. The summed E-state index contributed by atoms with van der Waals surface area (Å²) < 4.78 is 5.53. The number of rotatable bonds is 5. The Morgan fingerprint density at radius 3 is 2.68 bits per heavy atom. The zero-order valence-corrected chi connectivity index (χ0v) is 14.9. The maximum atomic E-state index is 12.3. The Bertz CT molecular complexity index is 365. The van der Waals surface area contributed by atoms with Crippen LogP contribution in [0.2, 0.25) is 0 Å². The maximum Gasteiger partial charge on any atom is 0.410 e. The first-order chi connectivity index (χ1) is 10.4. The number of carbonyl (C=O) groups excluding carboxylic acids is 1. The highest BCUT2D eigenvalue weighted by molar-refractivity contribution is 5.68. The van der Waals surface area contributed by atoms with Crippen LogP contribution in [0.4, 0.5) is 4.79 Å². The molecule has 2 rings (SSSR count). The van der Waals surface area contributed by atoms with Crippen molar-refractivity contribution in [3.63, 3.8) is 0 Å². The van der Waals surface area contributed by atoms with Gasteiger partial charge in [-0.25, -0.2) is 4.79 Å². The van der Waals surface area contributed by atoms with Gasteiger partial charge in [0.05, 0.1) is 0 Å². The fourth-order valence-electron chi connectivity index (χ4n) is 3.78. The van der Waals surface area contributed by atoms with Crippen molar-refractivity contribution in [1.29, 1.82) is 0 Å². The summed E-state index contributed by atoms with van der Waals surface area (Å²) in [5, 5.41) is 3.70. The van der Waals surface area contributed by atoms with Gasteiger partial charge in [0.25, 0.3) is 0 Å². The van der Waals surface area contributed by atoms with Crippen molar-refractivity contribution in [1.82, 2.24) is 10.2 Å². The summed E-state index contributed by atoms with van der Waals surface area (Å²) in [5.41, 5.74) is -0.401. The Hall–Kier alpha value is -0.770. The Kier molecular flexibility index (Phi) is 6.13. The molecule has 0 bridgehead atoms. The van der Waals surface area contributed by atoms with E-state index in [9.17, 15) is 4.79 Å². The fraction of sp³-hybridized carbons (Fsp3) is 0.944. The molecule has 1 amide bonds. The number of hydrogen-bond acceptors (Lipinski definition) is 3. The van der Waals surface area contributed by atoms with E-state index in [-0.39, 0.29) is 6.09 Å². The molecule has 1 saturated carbocycles. The third-order valence-electron chi connectivity index (χ3n) is 5.03. The van der Waals surface area contributed by atoms with Crippen molar-refractivity contribution in [2.75, 3.05) is 13.1 Å². The molecule has 4 heteroatoms. The molecular weight excluding hydrogens is 276 g/mol. The highest BCUT2D eigenvalue weighted by Crippen LogP contribution is 2.28. The average molecular weight is 310 g/mol. The van der Waals surface area contributed by atoms with E-state index < -0.39 is 5.60 Å². The van der Waals surface area contributed by atoms with E-state index in [1.165, 1.54) is 25.7 Å². The van der Waals surface area contributed by atoms with Crippen LogP contribution in [0.1, 0.15) is 72.6 Å². The molecule has 3 atom stereocenters. The number of nitrogens with one attached hydrogen (secondary N) is 1. The molecule has 1 heterocycles. The summed E-state index contributed by atoms with van der Waals surface area (Å²) >= 11 is 0. The topological polar surface area (TPSA) is 41.6 Å². The molecule has 0 aromatic carbocycles. The molecule has 0 aromatic heterocycles. The lowest BCUT2D eigenvalue weighted by molar-refractivity contribution is 0.0220. The molecule has 1 N–H and O–H groups in total. The number of likely N-dealkylation sites (tertiary alicyclic amines) is 1. The second kappa shape index (κ2) is 7.67. The summed E-state index contributed by atoms with van der Waals surface area (Å²) in [7, 11) is 0. The van der Waals surface area contributed by atoms with Crippen molar-refractivity contribution < 1.29 is 9.53 Å². The lowest BCUT2D eigenvalue weighted by Crippen LogP contribution is -2.41. The molecule has 2 aliphatic rings. The van der Waals surface area contributed by atoms with Crippen molar-refractivity contribution in [3.8, 4) is 0 Å². The van der Waals surface area contributed by atoms with E-state index in [4.69, 9.17) is 4.74 Å². The molecular formula is C18H34N2O2. The number of hydrogen-bond donors (Lipinski definition) is 1. The largest absolute Gasteiger partial charge is 0.444 e. The van der Waals surface area contributed by atoms with Gasteiger partial charge in [-0.15, -0.1) is 0 Å². The molecule has 128 valence electrons. The van der Waals surface area contributed by atoms with Crippen molar-refractivity contribution in [2.45, 2.75) is 90.3 Å². The van der Waals surface area contributed by atoms with Crippen LogP contribution in [0.25, 0.3) is 0 Å². The SMILES string of the molecule is CCC1CCC(NCCC2CCCN2C(=O)OC(C)(C)C)C1. The molecule has 1 saturated heterocycles. The maximum absolute atomic E-state index is 12.3. The monoisotopic (exact) mass is 310 g/mol. The molecule has 2 fully saturated rings. The minimum absolute atomic E-state index is 0.137. The van der Waals surface area contributed by atoms with Crippen LogP contribution in [0, 0.1) is 5.92 Å². The zero-order chi connectivity index (χ0) is 16.2. The standard InChI is InChI=1S/C18H34N2O2/c1-5-14-8-9-15(13-14)19-11-10-16-7-6-12-20(16)17(21)22-18(2,3)4/h14-16,19H,5-13H2,1-4H3. The van der Waals surface area contributed by atoms with E-state index in [1.54, 1.807) is 0 Å². The smallest absolute Gasteiger partial charge is 0.410 e. The lowest BCUT2D eigenvalue weighted by Gasteiger charge is -2.29. The minimum atomic E-state index is -0.401. The fourth-order valence-corrected chi connectivity index (χ4v) is 3.78. The first-order valence-electron chi connectivity index (χ1n) is 9.12. The molecule has 4 nitrogen and oxygen atoms in total. The number of carbonyl (C=O) groups is 1. The molecule has 0 aromatic rings. The van der Waals surface area contributed by atoms with Crippen LogP contribution >= 0.6 is 0 Å². The van der Waals surface area contributed by atoms with Crippen LogP contribution in [-0.2, 0) is 4.74 Å². The Balaban J connectivity index is 1.71. The van der Waals surface area contributed by atoms with Gasteiger partial charge in [-0.2, -0.15) is 0 Å². The molecule has 3 unspecified atom stereocenters. The summed E-state index contributed by atoms with van der Waals surface area (Å²) in [6.45, 7) is 9.96. The highest BCUT2D eigenvalue weighted by atomic mass is 16.6. The number of amides is 1. The van der Waals surface area contributed by atoms with E-state index in [0.29, 0.717) is 12.1 Å². The Morgan fingerprint density at radius 2 is 2.05 bits per heavy atom. The van der Waals surface area contributed by atoms with Crippen LogP contribution in [0.15, 0.2) is 0 Å². The molecule has 1 aliphatic heterocycles. The predicted molar refractivity (Wildman–Crippen MR) is 90.0 cm³/mol. The average Bonchev–Trinajstić information content (AvgIpc) is 3.05. The molecule has 0 spiro atoms. The Labute approximate surface area is 136 Å². The van der Waals surface area contributed by atoms with Gasteiger partial charge in [0.1, 0.15) is 5.60 Å². The summed E-state index contributed by atoms with van der Waals surface area (Å²) in [6, 6.07) is 1.05. The highest BCUT2D eigenvalue weighted by Gasteiger charge is 2.32. The van der Waals surface area contributed by atoms with E-state index >= 15 is 0 Å². The molecule has 1 aliphatic carbocycles. The second-order valence-electron chi connectivity index (χ2n) is 8.00. The summed E-state index contributed by atoms with van der Waals surface area (Å²) in [4.78, 5) is 14.2. The lowest BCUT2D eigenvalue weighted by atomic mass is 10.1. The van der Waals surface area contributed by atoms with E-state index in [2.05, 4.69) is 12.2 Å². The first-order valence-corrected chi connectivity index (χ1v) is 9.12. The van der Waals surface area contributed by atoms with E-state index in [1.807, 2.05) is 25.7 Å². The summed E-state index contributed by atoms with van der Waals surface area (Å²) in [6.07, 6.45) is 8.47. The summed E-state index contributed by atoms with van der Waals surface area (Å²) in [5.74, 6) is 0.919. The second-order valence-corrected chi connectivity index (χ2v) is 8.00. The third kappa shape index (κ3) is 5.15. The number of nitrogens with zero attached hydrogens (tertiary/aromatic N) is 1. The van der Waals surface area contributed by atoms with Gasteiger partial charge in [0.2, 0.25) is 0 Å². The van der Waals surface area contributed by atoms with Crippen LogP contribution in [0.3, 0.4) is 0 Å². The van der Waals surface area contributed by atoms with Crippen LogP contribution in [0.5, 0.6) is 0 Å². The number of ether oxygens (including phenoxy) is 1. The van der Waals surface area contributed by atoms with Gasteiger partial charge in [-0.3, -0.25) is 0 Å². The van der Waals surface area contributed by atoms with Gasteiger partial charge in [-0.1, -0.05) is 13.3 Å². The predicted octanol–water partition coefficient (Wildman–Crippen LogP) is 3.94. The van der Waals surface area contributed by atoms with Gasteiger partial charge >= 0.3 is 6.09 Å². The zero-order valence-electron chi connectivity index (χ0n) is 14.9. The van der Waals surface area contributed by atoms with Crippen LogP contribution in [-0.4, -0.2) is 41.8 Å². The first kappa shape index (κ1) is 17.6. The quantitative estimate of drug-likeness (QED) is 0.836. The van der Waals surface area contributed by atoms with Crippen molar-refractivity contribution >= 4 is 6.09 Å².